The zero-order chi connectivity index (χ0) is 13.8. The van der Waals surface area contributed by atoms with Crippen LogP contribution in [-0.4, -0.2) is 44.4 Å². The van der Waals surface area contributed by atoms with Crippen molar-refractivity contribution < 1.29 is 9.90 Å². The highest BCUT2D eigenvalue weighted by Crippen LogP contribution is 2.17. The van der Waals surface area contributed by atoms with E-state index in [9.17, 15) is 4.79 Å². The summed E-state index contributed by atoms with van der Waals surface area (Å²) in [5, 5.41) is 15.3. The van der Waals surface area contributed by atoms with Crippen LogP contribution in [0.4, 0.5) is 11.9 Å². The summed E-state index contributed by atoms with van der Waals surface area (Å²) in [7, 11) is 0. The molecule has 1 aromatic heterocycles. The fraction of sp³-hybridized carbons (Fsp3) is 0.600. The first-order chi connectivity index (χ1) is 8.39. The molecule has 100 valence electrons. The summed E-state index contributed by atoms with van der Waals surface area (Å²) in [5.74, 6) is -0.295. The second kappa shape index (κ2) is 5.85. The monoisotopic (exact) mass is 271 g/mol. The molecule has 18 heavy (non-hydrogen) atoms. The lowest BCUT2D eigenvalue weighted by Gasteiger charge is -2.21. The summed E-state index contributed by atoms with van der Waals surface area (Å²) in [6.07, 6.45) is 1.84. The Balaban J connectivity index is 3.01. The normalized spacial score (nSPS) is 11.1. The summed E-state index contributed by atoms with van der Waals surface area (Å²) >= 11 is 1.37. The van der Waals surface area contributed by atoms with Crippen molar-refractivity contribution in [3.05, 3.63) is 0 Å². The lowest BCUT2D eigenvalue weighted by atomic mass is 10.1. The van der Waals surface area contributed by atoms with Crippen LogP contribution in [-0.2, 0) is 4.79 Å². The second-order valence-electron chi connectivity index (χ2n) is 4.05. The van der Waals surface area contributed by atoms with Gasteiger partial charge >= 0.3 is 5.97 Å². The number of hydrogen-bond donors (Lipinski definition) is 3. The molecule has 0 aliphatic heterocycles. The minimum Gasteiger partial charge on any atom is -0.480 e. The van der Waals surface area contributed by atoms with Gasteiger partial charge in [-0.15, -0.1) is 0 Å². The molecule has 0 fully saturated rings. The second-order valence-corrected chi connectivity index (χ2v) is 4.83. The third-order valence-corrected chi connectivity index (χ3v) is 2.64. The summed E-state index contributed by atoms with van der Waals surface area (Å²) in [4.78, 5) is 23.4. The predicted molar refractivity (Wildman–Crippen MR) is 71.1 cm³/mol. The maximum Gasteiger partial charge on any atom is 0.328 e. The molecule has 0 saturated carbocycles. The van der Waals surface area contributed by atoms with Crippen molar-refractivity contribution >= 4 is 29.6 Å². The molecule has 1 heterocycles. The van der Waals surface area contributed by atoms with Crippen molar-refractivity contribution in [2.45, 2.75) is 31.5 Å². The number of aliphatic carboxylic acids is 1. The van der Waals surface area contributed by atoms with Gasteiger partial charge in [0, 0.05) is 6.54 Å². The summed E-state index contributed by atoms with van der Waals surface area (Å²) in [6.45, 7) is 5.70. The molecule has 0 aliphatic carbocycles. The first-order valence-electron chi connectivity index (χ1n) is 5.44. The number of hydrogen-bond acceptors (Lipinski definition) is 7. The van der Waals surface area contributed by atoms with Crippen LogP contribution < -0.4 is 10.6 Å². The van der Waals surface area contributed by atoms with Gasteiger partial charge in [-0.25, -0.2) is 4.79 Å². The van der Waals surface area contributed by atoms with Crippen LogP contribution in [0.1, 0.15) is 20.8 Å². The average Bonchev–Trinajstić information content (AvgIpc) is 2.28. The predicted octanol–water partition coefficient (Wildman–Crippen LogP) is 1.30. The minimum absolute atomic E-state index is 0.248. The highest BCUT2D eigenvalue weighted by Gasteiger charge is 2.28. The molecule has 1 aromatic rings. The van der Waals surface area contributed by atoms with E-state index in [0.717, 1.165) is 0 Å². The number of carbonyl (C=O) groups is 1. The third-order valence-electron chi connectivity index (χ3n) is 2.09. The van der Waals surface area contributed by atoms with Crippen LogP contribution in [0.25, 0.3) is 0 Å². The fourth-order valence-corrected chi connectivity index (χ4v) is 1.43. The molecule has 0 amide bonds. The standard InChI is InChI=1S/C10H17N5O2S/c1-5-11-7-12-8(14-9(13-7)18-4)15-10(2,3)6(16)17/h5H2,1-4H3,(H,16,17)(H2,11,12,13,14,15). The van der Waals surface area contributed by atoms with Gasteiger partial charge in [-0.2, -0.15) is 15.0 Å². The van der Waals surface area contributed by atoms with Gasteiger partial charge < -0.3 is 15.7 Å². The van der Waals surface area contributed by atoms with E-state index in [0.29, 0.717) is 17.6 Å². The number of carboxylic acid groups (broad SMARTS) is 1. The smallest absolute Gasteiger partial charge is 0.328 e. The SMILES string of the molecule is CCNc1nc(NC(C)(C)C(=O)O)nc(SC)n1. The number of rotatable bonds is 6. The van der Waals surface area contributed by atoms with E-state index in [1.807, 2.05) is 13.2 Å². The number of thioether (sulfide) groups is 1. The number of nitrogens with one attached hydrogen (secondary N) is 2. The van der Waals surface area contributed by atoms with Gasteiger partial charge in [-0.3, -0.25) is 0 Å². The van der Waals surface area contributed by atoms with Gasteiger partial charge in [-0.05, 0) is 27.0 Å². The topological polar surface area (TPSA) is 100 Å². The maximum atomic E-state index is 11.0. The molecule has 0 aromatic carbocycles. The van der Waals surface area contributed by atoms with Crippen molar-refractivity contribution in [3.63, 3.8) is 0 Å². The highest BCUT2D eigenvalue weighted by atomic mass is 32.2. The lowest BCUT2D eigenvalue weighted by Crippen LogP contribution is -2.40. The van der Waals surface area contributed by atoms with Crippen molar-refractivity contribution in [1.29, 1.82) is 0 Å². The number of anilines is 2. The Morgan fingerprint density at radius 1 is 1.33 bits per heavy atom. The molecule has 0 unspecified atom stereocenters. The number of carboxylic acids is 1. The molecule has 0 radical (unpaired) electrons. The van der Waals surface area contributed by atoms with Crippen LogP contribution in [0.2, 0.25) is 0 Å². The van der Waals surface area contributed by atoms with Crippen molar-refractivity contribution in [3.8, 4) is 0 Å². The molecular formula is C10H17N5O2S. The Morgan fingerprint density at radius 2 is 1.94 bits per heavy atom. The van der Waals surface area contributed by atoms with Gasteiger partial charge in [-0.1, -0.05) is 11.8 Å². The van der Waals surface area contributed by atoms with Gasteiger partial charge in [0.25, 0.3) is 0 Å². The van der Waals surface area contributed by atoms with Crippen LogP contribution in [0.15, 0.2) is 5.16 Å². The molecule has 7 nitrogen and oxygen atoms in total. The van der Waals surface area contributed by atoms with Crippen LogP contribution in [0, 0.1) is 0 Å². The molecule has 1 rings (SSSR count). The Hall–Kier alpha value is -1.57. The number of aromatic nitrogens is 3. The van der Waals surface area contributed by atoms with Crippen molar-refractivity contribution in [1.82, 2.24) is 15.0 Å². The van der Waals surface area contributed by atoms with Gasteiger partial charge in [0.2, 0.25) is 11.9 Å². The quantitative estimate of drug-likeness (QED) is 0.666. The molecule has 3 N–H and O–H groups in total. The Kier molecular flexibility index (Phi) is 4.71. The lowest BCUT2D eigenvalue weighted by molar-refractivity contribution is -0.141. The van der Waals surface area contributed by atoms with Crippen LogP contribution in [0.3, 0.4) is 0 Å². The average molecular weight is 271 g/mol. The zero-order valence-electron chi connectivity index (χ0n) is 10.8. The van der Waals surface area contributed by atoms with Crippen molar-refractivity contribution in [2.24, 2.45) is 0 Å². The van der Waals surface area contributed by atoms with Gasteiger partial charge in [0.15, 0.2) is 5.16 Å². The summed E-state index contributed by atoms with van der Waals surface area (Å²) < 4.78 is 0. The van der Waals surface area contributed by atoms with Crippen LogP contribution in [0.5, 0.6) is 0 Å². The first-order valence-corrected chi connectivity index (χ1v) is 6.67. The maximum absolute atomic E-state index is 11.0. The molecule has 0 atom stereocenters. The Morgan fingerprint density at radius 3 is 2.44 bits per heavy atom. The van der Waals surface area contributed by atoms with E-state index in [2.05, 4.69) is 25.6 Å². The highest BCUT2D eigenvalue weighted by molar-refractivity contribution is 7.98. The van der Waals surface area contributed by atoms with Crippen molar-refractivity contribution in [2.75, 3.05) is 23.4 Å². The van der Waals surface area contributed by atoms with E-state index >= 15 is 0 Å². The largest absolute Gasteiger partial charge is 0.480 e. The van der Waals surface area contributed by atoms with Gasteiger partial charge in [0.1, 0.15) is 5.54 Å². The molecule has 0 saturated heterocycles. The molecule has 0 spiro atoms. The number of nitrogens with zero attached hydrogens (tertiary/aromatic N) is 3. The van der Waals surface area contributed by atoms with Crippen LogP contribution >= 0.6 is 11.8 Å². The van der Waals surface area contributed by atoms with E-state index in [1.54, 1.807) is 13.8 Å². The fourth-order valence-electron chi connectivity index (χ4n) is 1.07. The van der Waals surface area contributed by atoms with E-state index in [-0.39, 0.29) is 5.95 Å². The third kappa shape index (κ3) is 3.73. The Labute approximate surface area is 110 Å². The zero-order valence-corrected chi connectivity index (χ0v) is 11.6. The molecular weight excluding hydrogens is 254 g/mol. The summed E-state index contributed by atoms with van der Waals surface area (Å²) in [6, 6.07) is 0. The Bertz CT molecular complexity index is 438. The molecule has 8 heteroatoms. The van der Waals surface area contributed by atoms with E-state index < -0.39 is 11.5 Å². The van der Waals surface area contributed by atoms with E-state index in [1.165, 1.54) is 11.8 Å². The molecule has 0 bridgehead atoms. The van der Waals surface area contributed by atoms with Gasteiger partial charge in [0.05, 0.1) is 0 Å². The minimum atomic E-state index is -1.14. The summed E-state index contributed by atoms with van der Waals surface area (Å²) in [5.41, 5.74) is -1.14. The van der Waals surface area contributed by atoms with E-state index in [4.69, 9.17) is 5.11 Å². The molecule has 0 aliphatic rings. The first kappa shape index (κ1) is 14.5.